The van der Waals surface area contributed by atoms with Crippen molar-refractivity contribution in [3.8, 4) is 11.4 Å². The number of benzene rings is 1. The van der Waals surface area contributed by atoms with Gasteiger partial charge < -0.3 is 10.1 Å². The summed E-state index contributed by atoms with van der Waals surface area (Å²) in [7, 11) is 0. The molecule has 1 amide bonds. The average Bonchev–Trinajstić information content (AvgIpc) is 3.14. The zero-order valence-electron chi connectivity index (χ0n) is 12.6. The van der Waals surface area contributed by atoms with Crippen molar-refractivity contribution in [1.29, 1.82) is 0 Å². The van der Waals surface area contributed by atoms with Gasteiger partial charge in [0.1, 0.15) is 18.4 Å². The van der Waals surface area contributed by atoms with Crippen LogP contribution in [0.5, 0.6) is 5.75 Å². The predicted octanol–water partition coefficient (Wildman–Crippen LogP) is 2.01. The van der Waals surface area contributed by atoms with Crippen LogP contribution in [0.15, 0.2) is 55.4 Å². The summed E-state index contributed by atoms with van der Waals surface area (Å²) in [6.07, 6.45) is 6.44. The van der Waals surface area contributed by atoms with Gasteiger partial charge in [0.25, 0.3) is 5.91 Å². The first-order valence-corrected chi connectivity index (χ1v) is 7.53. The van der Waals surface area contributed by atoms with Crippen LogP contribution in [0.4, 0.5) is 0 Å². The number of rotatable bonds is 6. The van der Waals surface area contributed by atoms with Crippen LogP contribution in [0.2, 0.25) is 5.02 Å². The van der Waals surface area contributed by atoms with Crippen molar-refractivity contribution in [2.75, 3.05) is 6.61 Å². The first kappa shape index (κ1) is 15.9. The van der Waals surface area contributed by atoms with Crippen LogP contribution in [0.3, 0.4) is 0 Å². The summed E-state index contributed by atoms with van der Waals surface area (Å²) in [5.74, 6) is 0.277. The van der Waals surface area contributed by atoms with Crippen LogP contribution in [-0.2, 0) is 11.3 Å². The highest BCUT2D eigenvalue weighted by Gasteiger charge is 2.10. The lowest BCUT2D eigenvalue weighted by molar-refractivity contribution is -0.123. The maximum Gasteiger partial charge on any atom is 0.258 e. The molecule has 3 rings (SSSR count). The second-order valence-corrected chi connectivity index (χ2v) is 5.34. The second kappa shape index (κ2) is 7.56. The fraction of sp³-hybridized carbons (Fsp3) is 0.125. The summed E-state index contributed by atoms with van der Waals surface area (Å²) in [5, 5.41) is 10.8. The Morgan fingerprint density at radius 3 is 2.83 bits per heavy atom. The summed E-state index contributed by atoms with van der Waals surface area (Å²) < 4.78 is 7.26. The monoisotopic (exact) mass is 343 g/mol. The molecule has 2 heterocycles. The van der Waals surface area contributed by atoms with E-state index in [0.717, 1.165) is 5.56 Å². The van der Waals surface area contributed by atoms with Gasteiger partial charge in [0.2, 0.25) is 0 Å². The number of nitrogens with zero attached hydrogens (tertiary/aromatic N) is 4. The first-order chi connectivity index (χ1) is 11.7. The Morgan fingerprint density at radius 1 is 1.25 bits per heavy atom. The molecular formula is C16H14ClN5O2. The number of halogens is 1. The molecule has 0 aliphatic carbocycles. The third kappa shape index (κ3) is 4.08. The topological polar surface area (TPSA) is 81.9 Å². The van der Waals surface area contributed by atoms with Crippen molar-refractivity contribution < 1.29 is 9.53 Å². The number of nitrogens with one attached hydrogen (secondary N) is 1. The van der Waals surface area contributed by atoms with Gasteiger partial charge in [-0.3, -0.25) is 14.3 Å². The zero-order valence-corrected chi connectivity index (χ0v) is 13.3. The number of pyridine rings is 1. The molecule has 1 aromatic carbocycles. The number of hydrogen-bond donors (Lipinski definition) is 1. The first-order valence-electron chi connectivity index (χ1n) is 7.15. The van der Waals surface area contributed by atoms with Gasteiger partial charge in [0.05, 0.1) is 5.69 Å². The van der Waals surface area contributed by atoms with Gasteiger partial charge in [-0.1, -0.05) is 17.7 Å². The molecule has 0 aliphatic rings. The van der Waals surface area contributed by atoms with E-state index in [9.17, 15) is 4.79 Å². The lowest BCUT2D eigenvalue weighted by atomic mass is 10.3. The molecule has 24 heavy (non-hydrogen) atoms. The number of aromatic nitrogens is 4. The summed E-state index contributed by atoms with van der Waals surface area (Å²) in [4.78, 5) is 15.9. The molecule has 122 valence electrons. The van der Waals surface area contributed by atoms with Crippen LogP contribution < -0.4 is 10.1 Å². The van der Waals surface area contributed by atoms with Crippen molar-refractivity contribution in [1.82, 2.24) is 25.1 Å². The zero-order chi connectivity index (χ0) is 16.8. The Bertz CT molecular complexity index is 809. The van der Waals surface area contributed by atoms with Crippen molar-refractivity contribution in [2.45, 2.75) is 6.54 Å². The summed E-state index contributed by atoms with van der Waals surface area (Å²) in [6.45, 7) is 0.284. The molecular weight excluding hydrogens is 330 g/mol. The van der Waals surface area contributed by atoms with E-state index in [0.29, 0.717) is 23.0 Å². The standard InChI is InChI=1S/C16H14ClN5O2/c17-13-3-4-15(14(6-13)22-10-20-21-11-22)24-9-16(23)19-8-12-2-1-5-18-7-12/h1-7,10-11H,8-9H2,(H,19,23). The van der Waals surface area contributed by atoms with Gasteiger partial charge in [-0.2, -0.15) is 0 Å². The van der Waals surface area contributed by atoms with Gasteiger partial charge in [-0.05, 0) is 29.8 Å². The Morgan fingerprint density at radius 2 is 2.08 bits per heavy atom. The third-order valence-electron chi connectivity index (χ3n) is 3.19. The number of hydrogen-bond acceptors (Lipinski definition) is 5. The molecule has 0 spiro atoms. The number of amides is 1. The van der Waals surface area contributed by atoms with Crippen molar-refractivity contribution in [3.05, 3.63) is 66.0 Å². The minimum absolute atomic E-state index is 0.114. The molecule has 3 aromatic rings. The average molecular weight is 344 g/mol. The third-order valence-corrected chi connectivity index (χ3v) is 3.42. The molecule has 0 atom stereocenters. The molecule has 1 N–H and O–H groups in total. The van der Waals surface area contributed by atoms with E-state index in [1.165, 1.54) is 12.7 Å². The number of ether oxygens (including phenoxy) is 1. The molecule has 0 radical (unpaired) electrons. The molecule has 0 bridgehead atoms. The smallest absolute Gasteiger partial charge is 0.258 e. The van der Waals surface area contributed by atoms with E-state index in [2.05, 4.69) is 20.5 Å². The maximum absolute atomic E-state index is 11.9. The Labute approximate surface area is 143 Å². The highest BCUT2D eigenvalue weighted by Crippen LogP contribution is 2.26. The van der Waals surface area contributed by atoms with Gasteiger partial charge in [-0.25, -0.2) is 0 Å². The highest BCUT2D eigenvalue weighted by atomic mass is 35.5. The van der Waals surface area contributed by atoms with Crippen LogP contribution in [0, 0.1) is 0 Å². The van der Waals surface area contributed by atoms with Gasteiger partial charge in [-0.15, -0.1) is 10.2 Å². The fourth-order valence-corrected chi connectivity index (χ4v) is 2.20. The summed E-state index contributed by atoms with van der Waals surface area (Å²) >= 11 is 6.02. The van der Waals surface area contributed by atoms with E-state index in [1.54, 1.807) is 35.2 Å². The number of carbonyl (C=O) groups excluding carboxylic acids is 1. The molecule has 2 aromatic heterocycles. The highest BCUT2D eigenvalue weighted by molar-refractivity contribution is 6.30. The van der Waals surface area contributed by atoms with Crippen molar-refractivity contribution >= 4 is 17.5 Å². The molecule has 8 heteroatoms. The van der Waals surface area contributed by atoms with E-state index < -0.39 is 0 Å². The second-order valence-electron chi connectivity index (χ2n) is 4.91. The molecule has 0 fully saturated rings. The van der Waals surface area contributed by atoms with Crippen LogP contribution in [0.25, 0.3) is 5.69 Å². The molecule has 7 nitrogen and oxygen atoms in total. The molecule has 0 saturated carbocycles. The van der Waals surface area contributed by atoms with Crippen molar-refractivity contribution in [2.24, 2.45) is 0 Å². The lowest BCUT2D eigenvalue weighted by Gasteiger charge is -2.12. The minimum atomic E-state index is -0.233. The number of carbonyl (C=O) groups is 1. The Balaban J connectivity index is 1.61. The van der Waals surface area contributed by atoms with E-state index in [1.807, 2.05) is 12.1 Å². The van der Waals surface area contributed by atoms with Gasteiger partial charge in [0.15, 0.2) is 6.61 Å². The van der Waals surface area contributed by atoms with Crippen LogP contribution >= 0.6 is 11.6 Å². The normalized spacial score (nSPS) is 10.4. The van der Waals surface area contributed by atoms with Gasteiger partial charge >= 0.3 is 0 Å². The molecule has 0 saturated heterocycles. The SMILES string of the molecule is O=C(COc1ccc(Cl)cc1-n1cnnc1)NCc1cccnc1. The quantitative estimate of drug-likeness (QED) is 0.740. The molecule has 0 aliphatic heterocycles. The van der Waals surface area contributed by atoms with E-state index >= 15 is 0 Å². The lowest BCUT2D eigenvalue weighted by Crippen LogP contribution is -2.28. The predicted molar refractivity (Wildman–Crippen MR) is 87.9 cm³/mol. The molecule has 0 unspecified atom stereocenters. The van der Waals surface area contributed by atoms with Crippen LogP contribution in [-0.4, -0.2) is 32.3 Å². The maximum atomic E-state index is 11.9. The van der Waals surface area contributed by atoms with E-state index in [4.69, 9.17) is 16.3 Å². The fourth-order valence-electron chi connectivity index (χ4n) is 2.04. The van der Waals surface area contributed by atoms with Crippen molar-refractivity contribution in [3.63, 3.8) is 0 Å². The van der Waals surface area contributed by atoms with Gasteiger partial charge in [0, 0.05) is 24.0 Å². The largest absolute Gasteiger partial charge is 0.482 e. The Kier molecular flexibility index (Phi) is 5.02. The summed E-state index contributed by atoms with van der Waals surface area (Å²) in [6, 6.07) is 8.81. The van der Waals surface area contributed by atoms with E-state index in [-0.39, 0.29) is 12.5 Å². The Hall–Kier alpha value is -2.93. The van der Waals surface area contributed by atoms with Crippen LogP contribution in [0.1, 0.15) is 5.56 Å². The summed E-state index contributed by atoms with van der Waals surface area (Å²) in [5.41, 5.74) is 1.58. The minimum Gasteiger partial charge on any atom is -0.482 e.